The number of hydrogen-bond acceptors (Lipinski definition) is 4. The van der Waals surface area contributed by atoms with Crippen LogP contribution in [0.2, 0.25) is 0 Å². The Morgan fingerprint density at radius 3 is 2.76 bits per heavy atom. The molecule has 2 saturated heterocycles. The second-order valence-corrected chi connectivity index (χ2v) is 7.13. The van der Waals surface area contributed by atoms with Crippen LogP contribution in [0.4, 0.5) is 9.18 Å². The van der Waals surface area contributed by atoms with Crippen LogP contribution in [0.5, 0.6) is 0 Å². The molecular weight excluding hydrogens is 325 g/mol. The van der Waals surface area contributed by atoms with E-state index in [1.807, 2.05) is 4.90 Å². The molecule has 0 bridgehead atoms. The van der Waals surface area contributed by atoms with E-state index in [4.69, 9.17) is 4.74 Å². The number of halogens is 1. The Hall–Kier alpha value is -2.18. The molecule has 0 saturated carbocycles. The molecule has 2 aliphatic rings. The number of nitrogens with zero attached hydrogens (tertiary/aromatic N) is 3. The van der Waals surface area contributed by atoms with Gasteiger partial charge < -0.3 is 9.64 Å². The van der Waals surface area contributed by atoms with E-state index >= 15 is 0 Å². The van der Waals surface area contributed by atoms with Gasteiger partial charge in [-0.1, -0.05) is 13.8 Å². The van der Waals surface area contributed by atoms with Gasteiger partial charge in [0.25, 0.3) is 5.91 Å². The number of likely N-dealkylation sites (tertiary alicyclic amines) is 1. The average molecular weight is 349 g/mol. The van der Waals surface area contributed by atoms with Crippen LogP contribution in [0, 0.1) is 11.9 Å². The fraction of sp³-hybridized carbons (Fsp3) is 0.611. The summed E-state index contributed by atoms with van der Waals surface area (Å²) in [6, 6.07) is 3.18. The predicted molar refractivity (Wildman–Crippen MR) is 89.6 cm³/mol. The molecule has 1 atom stereocenters. The van der Waals surface area contributed by atoms with E-state index in [1.54, 1.807) is 11.0 Å². The standard InChI is InChI=1S/C18H24FN3O3/c1-12(2)10-14-11-25-18(24)22(14)13-5-8-21(9-6-13)17(23)15-4-3-7-20-16(15)19/h3-4,7,12-14H,5-6,8-11H2,1-2H3/t14-/m0/s1. The Morgan fingerprint density at radius 2 is 2.12 bits per heavy atom. The Labute approximate surface area is 147 Å². The van der Waals surface area contributed by atoms with Crippen LogP contribution in [-0.2, 0) is 4.74 Å². The molecule has 0 unspecified atom stereocenters. The molecule has 1 aromatic rings. The van der Waals surface area contributed by atoms with E-state index in [1.165, 1.54) is 12.3 Å². The molecule has 6 nitrogen and oxygen atoms in total. The number of carbonyl (C=O) groups is 2. The number of piperidine rings is 1. The lowest BCUT2D eigenvalue weighted by atomic mass is 9.98. The molecule has 0 N–H and O–H groups in total. The van der Waals surface area contributed by atoms with E-state index in [2.05, 4.69) is 18.8 Å². The molecule has 2 amide bonds. The molecular formula is C18H24FN3O3. The van der Waals surface area contributed by atoms with Gasteiger partial charge in [0.1, 0.15) is 6.61 Å². The van der Waals surface area contributed by atoms with Gasteiger partial charge in [-0.2, -0.15) is 4.39 Å². The summed E-state index contributed by atoms with van der Waals surface area (Å²) in [4.78, 5) is 31.6. The average Bonchev–Trinajstić information content (AvgIpc) is 2.94. The lowest BCUT2D eigenvalue weighted by Crippen LogP contribution is -2.50. The highest BCUT2D eigenvalue weighted by molar-refractivity contribution is 5.94. The Morgan fingerprint density at radius 1 is 1.40 bits per heavy atom. The maximum atomic E-state index is 13.7. The first-order chi connectivity index (χ1) is 12.0. The van der Waals surface area contributed by atoms with Gasteiger partial charge in [-0.05, 0) is 37.3 Å². The summed E-state index contributed by atoms with van der Waals surface area (Å²) >= 11 is 0. The molecule has 2 fully saturated rings. The highest BCUT2D eigenvalue weighted by atomic mass is 19.1. The molecule has 0 aromatic carbocycles. The smallest absolute Gasteiger partial charge is 0.410 e. The minimum absolute atomic E-state index is 0.000725. The number of hydrogen-bond donors (Lipinski definition) is 0. The molecule has 25 heavy (non-hydrogen) atoms. The van der Waals surface area contributed by atoms with Gasteiger partial charge in [0.2, 0.25) is 5.95 Å². The zero-order valence-corrected chi connectivity index (χ0v) is 14.7. The van der Waals surface area contributed by atoms with Gasteiger partial charge in [-0.25, -0.2) is 9.78 Å². The fourth-order valence-corrected chi connectivity index (χ4v) is 3.71. The van der Waals surface area contributed by atoms with Gasteiger partial charge in [-0.15, -0.1) is 0 Å². The number of amides is 2. The fourth-order valence-electron chi connectivity index (χ4n) is 3.71. The minimum atomic E-state index is -0.741. The van der Waals surface area contributed by atoms with Crippen molar-refractivity contribution in [3.8, 4) is 0 Å². The number of ether oxygens (including phenoxy) is 1. The SMILES string of the molecule is CC(C)C[C@H]1COC(=O)N1C1CCN(C(=O)c2cccnc2F)CC1. The third-order valence-corrected chi connectivity index (χ3v) is 4.88. The van der Waals surface area contributed by atoms with Crippen molar-refractivity contribution in [3.63, 3.8) is 0 Å². The van der Waals surface area contributed by atoms with Crippen molar-refractivity contribution in [2.24, 2.45) is 5.92 Å². The summed E-state index contributed by atoms with van der Waals surface area (Å²) in [6.45, 7) is 5.69. The lowest BCUT2D eigenvalue weighted by molar-refractivity contribution is 0.0625. The molecule has 3 rings (SSSR count). The van der Waals surface area contributed by atoms with E-state index < -0.39 is 5.95 Å². The van der Waals surface area contributed by atoms with Crippen molar-refractivity contribution >= 4 is 12.0 Å². The summed E-state index contributed by atoms with van der Waals surface area (Å²) in [5, 5.41) is 0. The van der Waals surface area contributed by atoms with Crippen LogP contribution in [0.25, 0.3) is 0 Å². The molecule has 1 aromatic heterocycles. The quantitative estimate of drug-likeness (QED) is 0.784. The van der Waals surface area contributed by atoms with Crippen LogP contribution in [0.15, 0.2) is 18.3 Å². The molecule has 3 heterocycles. The van der Waals surface area contributed by atoms with Gasteiger partial charge in [-0.3, -0.25) is 9.69 Å². The number of cyclic esters (lactones) is 1. The third-order valence-electron chi connectivity index (χ3n) is 4.88. The maximum absolute atomic E-state index is 13.7. The van der Waals surface area contributed by atoms with E-state index in [0.717, 1.165) is 6.42 Å². The molecule has 2 aliphatic heterocycles. The first-order valence-corrected chi connectivity index (χ1v) is 8.82. The minimum Gasteiger partial charge on any atom is -0.447 e. The van der Waals surface area contributed by atoms with Crippen LogP contribution in [-0.4, -0.2) is 58.6 Å². The second-order valence-electron chi connectivity index (χ2n) is 7.13. The van der Waals surface area contributed by atoms with Crippen molar-refractivity contribution in [1.29, 1.82) is 0 Å². The molecule has 0 radical (unpaired) electrons. The summed E-state index contributed by atoms with van der Waals surface area (Å²) in [7, 11) is 0. The van der Waals surface area contributed by atoms with E-state index in [-0.39, 0.29) is 29.6 Å². The molecule has 136 valence electrons. The van der Waals surface area contributed by atoms with Gasteiger partial charge in [0.15, 0.2) is 0 Å². The summed E-state index contributed by atoms with van der Waals surface area (Å²) in [5.41, 5.74) is -0.000725. The number of pyridine rings is 1. The van der Waals surface area contributed by atoms with Crippen molar-refractivity contribution in [1.82, 2.24) is 14.8 Å². The predicted octanol–water partition coefficient (Wildman–Crippen LogP) is 2.69. The second kappa shape index (κ2) is 7.37. The zero-order chi connectivity index (χ0) is 18.0. The Bertz CT molecular complexity index is 644. The zero-order valence-electron chi connectivity index (χ0n) is 14.7. The monoisotopic (exact) mass is 349 g/mol. The summed E-state index contributed by atoms with van der Waals surface area (Å²) < 4.78 is 19.0. The molecule has 0 spiro atoms. The van der Waals surface area contributed by atoms with Crippen LogP contribution in [0.1, 0.15) is 43.5 Å². The van der Waals surface area contributed by atoms with E-state index in [0.29, 0.717) is 38.5 Å². The van der Waals surface area contributed by atoms with E-state index in [9.17, 15) is 14.0 Å². The Balaban J connectivity index is 1.62. The van der Waals surface area contributed by atoms with Crippen molar-refractivity contribution < 1.29 is 18.7 Å². The topological polar surface area (TPSA) is 62.7 Å². The lowest BCUT2D eigenvalue weighted by Gasteiger charge is -2.38. The molecule has 7 heteroatoms. The molecule has 0 aliphatic carbocycles. The van der Waals surface area contributed by atoms with Crippen molar-refractivity contribution in [3.05, 3.63) is 29.8 Å². The van der Waals surface area contributed by atoms with Crippen LogP contribution < -0.4 is 0 Å². The summed E-state index contributed by atoms with van der Waals surface area (Å²) in [5.74, 6) is -0.598. The van der Waals surface area contributed by atoms with Crippen molar-refractivity contribution in [2.45, 2.75) is 45.2 Å². The highest BCUT2D eigenvalue weighted by Gasteiger charge is 2.40. The largest absolute Gasteiger partial charge is 0.447 e. The van der Waals surface area contributed by atoms with Gasteiger partial charge in [0, 0.05) is 25.3 Å². The first-order valence-electron chi connectivity index (χ1n) is 8.82. The highest BCUT2D eigenvalue weighted by Crippen LogP contribution is 2.27. The number of rotatable bonds is 4. The summed E-state index contributed by atoms with van der Waals surface area (Å²) in [6.07, 6.45) is 3.33. The van der Waals surface area contributed by atoms with Crippen LogP contribution in [0.3, 0.4) is 0 Å². The normalized spacial score (nSPS) is 21.8. The van der Waals surface area contributed by atoms with Gasteiger partial charge >= 0.3 is 6.09 Å². The Kier molecular flexibility index (Phi) is 5.20. The maximum Gasteiger partial charge on any atom is 0.410 e. The van der Waals surface area contributed by atoms with Crippen molar-refractivity contribution in [2.75, 3.05) is 19.7 Å². The van der Waals surface area contributed by atoms with Gasteiger partial charge in [0.05, 0.1) is 11.6 Å². The third kappa shape index (κ3) is 3.75. The van der Waals surface area contributed by atoms with Crippen LogP contribution >= 0.6 is 0 Å². The first kappa shape index (κ1) is 17.6. The number of aromatic nitrogens is 1. The number of carbonyl (C=O) groups excluding carboxylic acids is 2.